The molecule has 0 unspecified atom stereocenters. The molecule has 1 amide bonds. The number of aliphatic carboxylic acids is 1. The summed E-state index contributed by atoms with van der Waals surface area (Å²) in [5.74, 6) is -1.06. The summed E-state index contributed by atoms with van der Waals surface area (Å²) in [7, 11) is 1.80. The number of likely N-dealkylation sites (N-methyl/N-ethyl adjacent to an activating group) is 2. The predicted molar refractivity (Wildman–Crippen MR) is 79.8 cm³/mol. The van der Waals surface area contributed by atoms with Crippen LogP contribution in [0.1, 0.15) is 18.1 Å². The van der Waals surface area contributed by atoms with E-state index < -0.39 is 5.97 Å². The number of carbonyl (C=O) groups excluding carboxylic acids is 1. The van der Waals surface area contributed by atoms with Crippen LogP contribution in [0.2, 0.25) is 0 Å². The summed E-state index contributed by atoms with van der Waals surface area (Å²) in [6.45, 7) is 4.62. The van der Waals surface area contributed by atoms with Crippen LogP contribution in [0.4, 0.5) is 5.69 Å². The lowest BCUT2D eigenvalue weighted by Gasteiger charge is -2.21. The highest BCUT2D eigenvalue weighted by Crippen LogP contribution is 2.22. The van der Waals surface area contributed by atoms with Crippen LogP contribution in [0.5, 0.6) is 0 Å². The molecule has 20 heavy (non-hydrogen) atoms. The maximum absolute atomic E-state index is 11.6. The standard InChI is InChI=1S/C15H20N2O3/c1-4-16-14(18)10-17(3)13-7-5-11(2)9-12(13)6-8-15(19)20/h5-9H,4,10H2,1-3H3,(H,16,18)(H,19,20)/b8-6+. The second-order valence-electron chi connectivity index (χ2n) is 4.54. The Hall–Kier alpha value is -2.30. The molecule has 1 aromatic carbocycles. The summed E-state index contributed by atoms with van der Waals surface area (Å²) in [4.78, 5) is 24.0. The zero-order valence-corrected chi connectivity index (χ0v) is 12.0. The third-order valence-corrected chi connectivity index (χ3v) is 2.75. The van der Waals surface area contributed by atoms with E-state index >= 15 is 0 Å². The number of hydrogen-bond donors (Lipinski definition) is 2. The van der Waals surface area contributed by atoms with E-state index in [1.807, 2.05) is 32.0 Å². The Bertz CT molecular complexity index is 524. The summed E-state index contributed by atoms with van der Waals surface area (Å²) >= 11 is 0. The van der Waals surface area contributed by atoms with Crippen molar-refractivity contribution in [1.82, 2.24) is 5.32 Å². The maximum atomic E-state index is 11.6. The molecule has 1 rings (SSSR count). The highest BCUT2D eigenvalue weighted by atomic mass is 16.4. The minimum atomic E-state index is -0.996. The quantitative estimate of drug-likeness (QED) is 0.775. The Morgan fingerprint density at radius 2 is 2.10 bits per heavy atom. The van der Waals surface area contributed by atoms with Crippen LogP contribution in [0.25, 0.3) is 6.08 Å². The van der Waals surface area contributed by atoms with Gasteiger partial charge in [0.25, 0.3) is 0 Å². The Morgan fingerprint density at radius 3 is 2.70 bits per heavy atom. The predicted octanol–water partition coefficient (Wildman–Crippen LogP) is 1.67. The number of nitrogens with one attached hydrogen (secondary N) is 1. The van der Waals surface area contributed by atoms with E-state index in [-0.39, 0.29) is 12.5 Å². The zero-order chi connectivity index (χ0) is 15.1. The number of carboxylic acid groups (broad SMARTS) is 1. The fourth-order valence-corrected chi connectivity index (χ4v) is 1.87. The molecular formula is C15H20N2O3. The van der Waals surface area contributed by atoms with Gasteiger partial charge in [0.1, 0.15) is 0 Å². The molecule has 108 valence electrons. The number of hydrogen-bond acceptors (Lipinski definition) is 3. The summed E-state index contributed by atoms with van der Waals surface area (Å²) in [5.41, 5.74) is 2.63. The van der Waals surface area contributed by atoms with Gasteiger partial charge in [0.2, 0.25) is 5.91 Å². The van der Waals surface area contributed by atoms with Crippen molar-refractivity contribution in [2.45, 2.75) is 13.8 Å². The van der Waals surface area contributed by atoms with Gasteiger partial charge >= 0.3 is 5.97 Å². The number of anilines is 1. The molecule has 0 saturated heterocycles. The molecule has 0 saturated carbocycles. The zero-order valence-electron chi connectivity index (χ0n) is 12.0. The second kappa shape index (κ2) is 7.33. The van der Waals surface area contributed by atoms with Gasteiger partial charge in [0, 0.05) is 25.4 Å². The fourth-order valence-electron chi connectivity index (χ4n) is 1.87. The van der Waals surface area contributed by atoms with Crippen molar-refractivity contribution >= 4 is 23.6 Å². The normalized spacial score (nSPS) is 10.6. The van der Waals surface area contributed by atoms with Crippen LogP contribution in [0, 0.1) is 6.92 Å². The average Bonchev–Trinajstić information content (AvgIpc) is 2.36. The minimum absolute atomic E-state index is 0.0660. The van der Waals surface area contributed by atoms with Crippen molar-refractivity contribution in [2.75, 3.05) is 25.0 Å². The van der Waals surface area contributed by atoms with Crippen molar-refractivity contribution in [3.63, 3.8) is 0 Å². The van der Waals surface area contributed by atoms with Crippen LogP contribution < -0.4 is 10.2 Å². The summed E-state index contributed by atoms with van der Waals surface area (Å²) in [5, 5.41) is 11.5. The third kappa shape index (κ3) is 4.76. The largest absolute Gasteiger partial charge is 0.478 e. The van der Waals surface area contributed by atoms with Gasteiger partial charge in [-0.05, 0) is 37.6 Å². The molecule has 0 aliphatic carbocycles. The van der Waals surface area contributed by atoms with Crippen LogP contribution in [0.15, 0.2) is 24.3 Å². The van der Waals surface area contributed by atoms with E-state index in [4.69, 9.17) is 5.11 Å². The molecular weight excluding hydrogens is 256 g/mol. The Morgan fingerprint density at radius 1 is 1.40 bits per heavy atom. The SMILES string of the molecule is CCNC(=O)CN(C)c1ccc(C)cc1/C=C/C(=O)O. The lowest BCUT2D eigenvalue weighted by atomic mass is 10.1. The molecule has 5 nitrogen and oxygen atoms in total. The summed E-state index contributed by atoms with van der Waals surface area (Å²) < 4.78 is 0. The van der Waals surface area contributed by atoms with E-state index in [2.05, 4.69) is 5.32 Å². The number of carboxylic acids is 1. The van der Waals surface area contributed by atoms with Gasteiger partial charge in [-0.1, -0.05) is 11.6 Å². The van der Waals surface area contributed by atoms with E-state index in [0.717, 1.165) is 22.9 Å². The van der Waals surface area contributed by atoms with E-state index in [0.29, 0.717) is 6.54 Å². The molecule has 2 N–H and O–H groups in total. The van der Waals surface area contributed by atoms with Gasteiger partial charge < -0.3 is 15.3 Å². The number of amides is 1. The average molecular weight is 276 g/mol. The number of benzene rings is 1. The van der Waals surface area contributed by atoms with Gasteiger partial charge in [-0.3, -0.25) is 4.79 Å². The number of carbonyl (C=O) groups is 2. The van der Waals surface area contributed by atoms with Crippen molar-refractivity contribution in [2.24, 2.45) is 0 Å². The van der Waals surface area contributed by atoms with Crippen LogP contribution in [-0.4, -0.2) is 37.1 Å². The second-order valence-corrected chi connectivity index (χ2v) is 4.54. The first-order valence-electron chi connectivity index (χ1n) is 6.43. The van der Waals surface area contributed by atoms with Gasteiger partial charge in [-0.15, -0.1) is 0 Å². The number of aryl methyl sites for hydroxylation is 1. The molecule has 0 spiro atoms. The molecule has 0 radical (unpaired) electrons. The molecule has 0 aliphatic rings. The van der Waals surface area contributed by atoms with E-state index in [9.17, 15) is 9.59 Å². The van der Waals surface area contributed by atoms with Crippen molar-refractivity contribution in [3.05, 3.63) is 35.4 Å². The fraction of sp³-hybridized carbons (Fsp3) is 0.333. The molecule has 1 aromatic rings. The van der Waals surface area contributed by atoms with Gasteiger partial charge in [-0.25, -0.2) is 4.79 Å². The number of rotatable bonds is 6. The van der Waals surface area contributed by atoms with Gasteiger partial charge in [0.05, 0.1) is 6.54 Å². The van der Waals surface area contributed by atoms with Crippen molar-refractivity contribution < 1.29 is 14.7 Å². The molecule has 0 aromatic heterocycles. The van der Waals surface area contributed by atoms with Gasteiger partial charge in [-0.2, -0.15) is 0 Å². The lowest BCUT2D eigenvalue weighted by Crippen LogP contribution is -2.35. The third-order valence-electron chi connectivity index (χ3n) is 2.75. The number of nitrogens with zero attached hydrogens (tertiary/aromatic N) is 1. The molecule has 5 heteroatoms. The van der Waals surface area contributed by atoms with Crippen LogP contribution >= 0.6 is 0 Å². The monoisotopic (exact) mass is 276 g/mol. The minimum Gasteiger partial charge on any atom is -0.478 e. The Labute approximate surface area is 118 Å². The maximum Gasteiger partial charge on any atom is 0.328 e. The van der Waals surface area contributed by atoms with Crippen molar-refractivity contribution in [3.8, 4) is 0 Å². The topological polar surface area (TPSA) is 69.6 Å². The summed E-state index contributed by atoms with van der Waals surface area (Å²) in [6.07, 6.45) is 2.64. The first kappa shape index (κ1) is 15.8. The molecule has 0 atom stereocenters. The smallest absolute Gasteiger partial charge is 0.328 e. The Kier molecular flexibility index (Phi) is 5.77. The first-order chi connectivity index (χ1) is 9.43. The highest BCUT2D eigenvalue weighted by molar-refractivity contribution is 5.88. The first-order valence-corrected chi connectivity index (χ1v) is 6.43. The summed E-state index contributed by atoms with van der Waals surface area (Å²) in [6, 6.07) is 5.71. The molecule has 0 heterocycles. The molecule has 0 bridgehead atoms. The Balaban J connectivity index is 2.98. The van der Waals surface area contributed by atoms with E-state index in [1.165, 1.54) is 0 Å². The lowest BCUT2D eigenvalue weighted by molar-refractivity contribution is -0.131. The molecule has 0 aliphatic heterocycles. The molecule has 0 fully saturated rings. The van der Waals surface area contributed by atoms with Gasteiger partial charge in [0.15, 0.2) is 0 Å². The van der Waals surface area contributed by atoms with E-state index in [1.54, 1.807) is 18.0 Å². The van der Waals surface area contributed by atoms with Crippen LogP contribution in [-0.2, 0) is 9.59 Å². The highest BCUT2D eigenvalue weighted by Gasteiger charge is 2.10. The van der Waals surface area contributed by atoms with Crippen LogP contribution in [0.3, 0.4) is 0 Å². The van der Waals surface area contributed by atoms with Crippen molar-refractivity contribution in [1.29, 1.82) is 0 Å².